The number of hydrogen-bond donors (Lipinski definition) is 0. The monoisotopic (exact) mass is 722 g/mol. The van der Waals surface area contributed by atoms with E-state index in [0.29, 0.717) is 0 Å². The van der Waals surface area contributed by atoms with Crippen LogP contribution in [0.3, 0.4) is 0 Å². The molecule has 1 fully saturated rings. The van der Waals surface area contributed by atoms with Gasteiger partial charge < -0.3 is 0 Å². The maximum atomic E-state index is 2.72. The van der Waals surface area contributed by atoms with Crippen molar-refractivity contribution >= 4 is 58.7 Å². The van der Waals surface area contributed by atoms with Gasteiger partial charge in [-0.05, 0) is 0 Å². The van der Waals surface area contributed by atoms with Crippen LogP contribution in [0, 0.1) is 5.92 Å². The molecule has 0 bridgehead atoms. The van der Waals surface area contributed by atoms with Crippen molar-refractivity contribution in [3.05, 3.63) is 149 Å². The van der Waals surface area contributed by atoms with E-state index in [-0.39, 0.29) is 20.4 Å². The molecule has 1 saturated carbocycles. The summed E-state index contributed by atoms with van der Waals surface area (Å²) < 4.78 is 5.56. The summed E-state index contributed by atoms with van der Waals surface area (Å²) in [5.41, 5.74) is 8.93. The van der Waals surface area contributed by atoms with Crippen LogP contribution in [0.4, 0.5) is 22.7 Å². The Morgan fingerprint density at radius 3 is 2.18 bits per heavy atom. The molecule has 0 amide bonds. The zero-order chi connectivity index (χ0) is 34.1. The van der Waals surface area contributed by atoms with E-state index in [1.165, 1.54) is 91.7 Å². The summed E-state index contributed by atoms with van der Waals surface area (Å²) in [5, 5.41) is 2.75. The Bertz CT molecular complexity index is 2050. The Morgan fingerprint density at radius 2 is 1.46 bits per heavy atom. The van der Waals surface area contributed by atoms with Crippen LogP contribution in [-0.2, 0) is 5.41 Å². The third-order valence-electron chi connectivity index (χ3n) is 10.9. The molecule has 0 atom stereocenters. The van der Waals surface area contributed by atoms with E-state index >= 15 is 0 Å². The fourth-order valence-electron chi connectivity index (χ4n) is 8.36. The van der Waals surface area contributed by atoms with Gasteiger partial charge in [0.1, 0.15) is 0 Å². The van der Waals surface area contributed by atoms with Crippen molar-refractivity contribution in [2.45, 2.75) is 64.7 Å². The molecular formula is C46H48N3Se+. The summed E-state index contributed by atoms with van der Waals surface area (Å²) in [5.74, 6) is 0.727. The zero-order valence-corrected chi connectivity index (χ0v) is 31.4. The van der Waals surface area contributed by atoms with Gasteiger partial charge in [-0.15, -0.1) is 0 Å². The number of fused-ring (bicyclic) bond motifs is 4. The van der Waals surface area contributed by atoms with Crippen LogP contribution < -0.4 is 14.3 Å². The molecule has 4 heteroatoms. The Kier molecular flexibility index (Phi) is 9.25. The van der Waals surface area contributed by atoms with Gasteiger partial charge in [0, 0.05) is 0 Å². The molecule has 0 aromatic heterocycles. The average Bonchev–Trinajstić information content (AvgIpc) is 3.60. The van der Waals surface area contributed by atoms with Gasteiger partial charge in [0.25, 0.3) is 0 Å². The van der Waals surface area contributed by atoms with E-state index in [0.717, 1.165) is 25.4 Å². The molecule has 0 saturated heterocycles. The van der Waals surface area contributed by atoms with Crippen LogP contribution in [-0.4, -0.2) is 38.3 Å². The van der Waals surface area contributed by atoms with E-state index in [1.54, 1.807) is 0 Å². The van der Waals surface area contributed by atoms with E-state index in [1.807, 2.05) is 0 Å². The standard InChI is InChI=1S/C46H48N3Se/c1-4-30-47-41-27-17-16-26-40(41)46(2,3)43(47)31-38(49(36-21-10-6-11-22-36)37-23-12-7-13-24-37)32-44-48(33-34-18-8-5-9-19-34)42-29-28-35-20-14-15-25-39(35)45(42)50-44/h6-7,10-17,20-29,31-32,34H,4-5,8-9,18-19,30,33H2,1-3H3/q+1. The summed E-state index contributed by atoms with van der Waals surface area (Å²) in [6.07, 6.45) is 12.9. The number of benzene rings is 5. The predicted molar refractivity (Wildman–Crippen MR) is 214 cm³/mol. The molecule has 2 heterocycles. The molecule has 0 N–H and O–H groups in total. The number of nitrogens with zero attached hydrogens (tertiary/aromatic N) is 3. The fourth-order valence-corrected chi connectivity index (χ4v) is 11.0. The third kappa shape index (κ3) is 6.14. The predicted octanol–water partition coefficient (Wildman–Crippen LogP) is 10.6. The second kappa shape index (κ2) is 14.1. The fraction of sp³-hybridized carbons (Fsp3) is 0.283. The van der Waals surface area contributed by atoms with Gasteiger partial charge in [-0.1, -0.05) is 0 Å². The first-order valence-electron chi connectivity index (χ1n) is 18.6. The van der Waals surface area contributed by atoms with Gasteiger partial charge in [-0.3, -0.25) is 0 Å². The summed E-state index contributed by atoms with van der Waals surface area (Å²) in [4.78, 5) is 5.21. The van der Waals surface area contributed by atoms with Crippen LogP contribution in [0.1, 0.15) is 64.9 Å². The van der Waals surface area contributed by atoms with Crippen molar-refractivity contribution < 1.29 is 4.58 Å². The normalized spacial score (nSPS) is 18.2. The molecule has 8 rings (SSSR count). The van der Waals surface area contributed by atoms with Crippen molar-refractivity contribution in [3.63, 3.8) is 0 Å². The SMILES string of the molecule is CCC[N+]1=C(/C=C(/C=C2\[Se]c3c(ccc4ccccc34)N2CC2CCCCC2)N(c2ccccc2)c2ccccc2)C(C)(C)c2ccccc21. The first-order chi connectivity index (χ1) is 24.5. The number of rotatable bonds is 9. The van der Waals surface area contributed by atoms with E-state index in [9.17, 15) is 0 Å². The third-order valence-corrected chi connectivity index (χ3v) is 13.4. The Morgan fingerprint density at radius 1 is 0.800 bits per heavy atom. The molecule has 5 aromatic rings. The molecule has 0 radical (unpaired) electrons. The molecule has 1 aliphatic carbocycles. The molecular weight excluding hydrogens is 673 g/mol. The molecule has 252 valence electrons. The molecule has 50 heavy (non-hydrogen) atoms. The van der Waals surface area contributed by atoms with Crippen molar-refractivity contribution in [3.8, 4) is 0 Å². The van der Waals surface area contributed by atoms with Crippen molar-refractivity contribution in [1.29, 1.82) is 0 Å². The number of allylic oxidation sites excluding steroid dienone is 2. The van der Waals surface area contributed by atoms with Crippen molar-refractivity contribution in [2.75, 3.05) is 22.9 Å². The topological polar surface area (TPSA) is 9.49 Å². The van der Waals surface area contributed by atoms with Crippen LogP contribution in [0.25, 0.3) is 10.8 Å². The molecule has 3 nitrogen and oxygen atoms in total. The quantitative estimate of drug-likeness (QED) is 0.111. The average molecular weight is 722 g/mol. The van der Waals surface area contributed by atoms with E-state index < -0.39 is 0 Å². The molecule has 3 aliphatic rings. The van der Waals surface area contributed by atoms with Gasteiger partial charge in [0.05, 0.1) is 0 Å². The Balaban J connectivity index is 1.36. The van der Waals surface area contributed by atoms with Crippen LogP contribution in [0.15, 0.2) is 144 Å². The molecule has 0 unspecified atom stereocenters. The summed E-state index contributed by atoms with van der Waals surface area (Å²) >= 11 is 0.158. The summed E-state index contributed by atoms with van der Waals surface area (Å²) in [6, 6.07) is 44.7. The van der Waals surface area contributed by atoms with Crippen LogP contribution in [0.2, 0.25) is 0 Å². The van der Waals surface area contributed by atoms with Gasteiger partial charge in [-0.25, -0.2) is 0 Å². The second-order valence-electron chi connectivity index (χ2n) is 14.6. The van der Waals surface area contributed by atoms with Crippen LogP contribution >= 0.6 is 0 Å². The first-order valence-corrected chi connectivity index (χ1v) is 20.3. The molecule has 2 aliphatic heterocycles. The second-order valence-corrected chi connectivity index (χ2v) is 16.8. The number of anilines is 3. The summed E-state index contributed by atoms with van der Waals surface area (Å²) in [7, 11) is 0. The summed E-state index contributed by atoms with van der Waals surface area (Å²) in [6.45, 7) is 9.19. The maximum absolute atomic E-state index is 2.72. The Hall–Kier alpha value is -4.37. The first kappa shape index (κ1) is 32.8. The number of hydrogen-bond acceptors (Lipinski definition) is 2. The molecule has 5 aromatic carbocycles. The zero-order valence-electron chi connectivity index (χ0n) is 29.7. The van der Waals surface area contributed by atoms with Gasteiger partial charge in [-0.2, -0.15) is 0 Å². The number of para-hydroxylation sites is 3. The van der Waals surface area contributed by atoms with E-state index in [2.05, 4.69) is 169 Å². The van der Waals surface area contributed by atoms with E-state index in [4.69, 9.17) is 0 Å². The van der Waals surface area contributed by atoms with Gasteiger partial charge in [0.15, 0.2) is 0 Å². The van der Waals surface area contributed by atoms with Gasteiger partial charge >= 0.3 is 306 Å². The van der Waals surface area contributed by atoms with Gasteiger partial charge in [0.2, 0.25) is 0 Å². The minimum absolute atomic E-state index is 0.143. The van der Waals surface area contributed by atoms with Crippen molar-refractivity contribution in [1.82, 2.24) is 0 Å². The molecule has 0 spiro atoms. The minimum atomic E-state index is -0.143. The van der Waals surface area contributed by atoms with Crippen molar-refractivity contribution in [2.24, 2.45) is 5.92 Å². The Labute approximate surface area is 304 Å². The van der Waals surface area contributed by atoms with Crippen LogP contribution in [0.5, 0.6) is 0 Å².